The number of hydrogen-bond donors (Lipinski definition) is 1. The number of ether oxygens (including phenoxy) is 3. The highest BCUT2D eigenvalue weighted by molar-refractivity contribution is 7.99. The monoisotopic (exact) mass is 490 g/mol. The maximum Gasteiger partial charge on any atom is 0.338 e. The number of carbonyl (C=O) groups is 2. The van der Waals surface area contributed by atoms with Crippen LogP contribution in [0.3, 0.4) is 0 Å². The van der Waals surface area contributed by atoms with Crippen LogP contribution in [0, 0.1) is 0 Å². The molecule has 0 atom stereocenters. The van der Waals surface area contributed by atoms with Gasteiger partial charge in [0.2, 0.25) is 5.91 Å². The van der Waals surface area contributed by atoms with Crippen molar-refractivity contribution in [3.63, 3.8) is 0 Å². The highest BCUT2D eigenvalue weighted by atomic mass is 35.5. The van der Waals surface area contributed by atoms with Crippen LogP contribution in [-0.4, -0.2) is 46.1 Å². The van der Waals surface area contributed by atoms with Crippen molar-refractivity contribution in [3.8, 4) is 11.5 Å². The topological polar surface area (TPSA) is 105 Å². The van der Waals surface area contributed by atoms with Crippen LogP contribution in [0.15, 0.2) is 47.6 Å². The van der Waals surface area contributed by atoms with Gasteiger partial charge in [-0.15, -0.1) is 10.2 Å². The van der Waals surface area contributed by atoms with Crippen LogP contribution < -0.4 is 14.8 Å². The summed E-state index contributed by atoms with van der Waals surface area (Å²) >= 11 is 7.36. The molecule has 0 aliphatic heterocycles. The molecule has 0 bridgehead atoms. The van der Waals surface area contributed by atoms with Crippen LogP contribution in [0.4, 0.5) is 5.69 Å². The fraction of sp³-hybridized carbons (Fsp3) is 0.273. The molecule has 33 heavy (non-hydrogen) atoms. The fourth-order valence-corrected chi connectivity index (χ4v) is 3.65. The van der Waals surface area contributed by atoms with Gasteiger partial charge < -0.3 is 24.1 Å². The maximum atomic E-state index is 12.4. The van der Waals surface area contributed by atoms with Gasteiger partial charge >= 0.3 is 5.97 Å². The molecule has 1 amide bonds. The second-order valence-electron chi connectivity index (χ2n) is 6.65. The van der Waals surface area contributed by atoms with Crippen molar-refractivity contribution in [2.45, 2.75) is 18.7 Å². The zero-order valence-electron chi connectivity index (χ0n) is 18.3. The molecule has 174 valence electrons. The number of rotatable bonds is 10. The highest BCUT2D eigenvalue weighted by Crippen LogP contribution is 2.27. The van der Waals surface area contributed by atoms with Crippen molar-refractivity contribution >= 4 is 40.9 Å². The van der Waals surface area contributed by atoms with Gasteiger partial charge in [0, 0.05) is 7.05 Å². The molecule has 0 aliphatic rings. The number of carbonyl (C=O) groups excluding carboxylic acids is 2. The molecule has 0 fully saturated rings. The third kappa shape index (κ3) is 6.39. The average molecular weight is 491 g/mol. The Hall–Kier alpha value is -3.24. The summed E-state index contributed by atoms with van der Waals surface area (Å²) in [6, 6.07) is 11.9. The summed E-state index contributed by atoms with van der Waals surface area (Å²) < 4.78 is 17.8. The van der Waals surface area contributed by atoms with E-state index in [4.69, 9.17) is 25.8 Å². The normalized spacial score (nSPS) is 10.5. The lowest BCUT2D eigenvalue weighted by Gasteiger charge is -2.10. The third-order valence-corrected chi connectivity index (χ3v) is 5.78. The van der Waals surface area contributed by atoms with Crippen molar-refractivity contribution in [2.24, 2.45) is 7.05 Å². The molecule has 0 saturated heterocycles. The summed E-state index contributed by atoms with van der Waals surface area (Å²) in [5.74, 6) is 1.09. The number of methoxy groups -OCH3 is 1. The number of para-hydroxylation sites is 2. The van der Waals surface area contributed by atoms with Crippen molar-refractivity contribution in [2.75, 3.05) is 24.8 Å². The van der Waals surface area contributed by atoms with Crippen molar-refractivity contribution < 1.29 is 23.8 Å². The Kier molecular flexibility index (Phi) is 8.56. The van der Waals surface area contributed by atoms with Gasteiger partial charge in [-0.1, -0.05) is 35.5 Å². The Labute approximate surface area is 200 Å². The van der Waals surface area contributed by atoms with E-state index in [-0.39, 0.29) is 24.9 Å². The standard InChI is InChI=1S/C22H23ClN4O5S/c1-4-31-21(29)14-9-10-15(23)16(11-14)24-20(28)13-33-22-26-25-19(27(22)2)12-32-18-8-6-5-7-17(18)30-3/h5-11H,4,12-13H2,1-3H3,(H,24,28). The smallest absolute Gasteiger partial charge is 0.338 e. The Morgan fingerprint density at radius 2 is 1.91 bits per heavy atom. The predicted molar refractivity (Wildman–Crippen MR) is 125 cm³/mol. The van der Waals surface area contributed by atoms with Crippen LogP contribution in [0.1, 0.15) is 23.1 Å². The fourth-order valence-electron chi connectivity index (χ4n) is 2.76. The van der Waals surface area contributed by atoms with Crippen LogP contribution in [0.5, 0.6) is 11.5 Å². The van der Waals surface area contributed by atoms with Crippen LogP contribution >= 0.6 is 23.4 Å². The first-order chi connectivity index (χ1) is 15.9. The van der Waals surface area contributed by atoms with E-state index in [9.17, 15) is 9.59 Å². The Morgan fingerprint density at radius 1 is 1.15 bits per heavy atom. The summed E-state index contributed by atoms with van der Waals surface area (Å²) in [6.45, 7) is 2.16. The maximum absolute atomic E-state index is 12.4. The van der Waals surface area contributed by atoms with Gasteiger partial charge in [0.05, 0.1) is 35.7 Å². The molecule has 1 heterocycles. The number of nitrogens with one attached hydrogen (secondary N) is 1. The summed E-state index contributed by atoms with van der Waals surface area (Å²) in [5.41, 5.74) is 0.633. The van der Waals surface area contributed by atoms with Crippen LogP contribution in [0.2, 0.25) is 5.02 Å². The summed E-state index contributed by atoms with van der Waals surface area (Å²) in [5, 5.41) is 11.8. The number of halogens is 1. The van der Waals surface area contributed by atoms with Gasteiger partial charge in [-0.2, -0.15) is 0 Å². The molecule has 0 saturated carbocycles. The highest BCUT2D eigenvalue weighted by Gasteiger charge is 2.15. The Bertz CT molecular complexity index is 1140. The minimum absolute atomic E-state index is 0.0688. The second-order valence-corrected chi connectivity index (χ2v) is 8.00. The SMILES string of the molecule is CCOC(=O)c1ccc(Cl)c(NC(=O)CSc2nnc(COc3ccccc3OC)n2C)c1. The quantitative estimate of drug-likeness (QED) is 0.336. The molecule has 0 spiro atoms. The number of amides is 1. The number of aromatic nitrogens is 3. The molecule has 11 heteroatoms. The Balaban J connectivity index is 1.57. The van der Waals surface area contributed by atoms with Crippen molar-refractivity contribution in [1.82, 2.24) is 14.8 Å². The van der Waals surface area contributed by atoms with Crippen LogP contribution in [-0.2, 0) is 23.2 Å². The lowest BCUT2D eigenvalue weighted by molar-refractivity contribution is -0.113. The van der Waals surface area contributed by atoms with Crippen molar-refractivity contribution in [1.29, 1.82) is 0 Å². The lowest BCUT2D eigenvalue weighted by atomic mass is 10.2. The molecule has 3 aromatic rings. The lowest BCUT2D eigenvalue weighted by Crippen LogP contribution is -2.15. The van der Waals surface area contributed by atoms with E-state index in [0.29, 0.717) is 38.8 Å². The molecule has 3 rings (SSSR count). The minimum atomic E-state index is -0.485. The van der Waals surface area contributed by atoms with E-state index < -0.39 is 5.97 Å². The molecule has 0 unspecified atom stereocenters. The summed E-state index contributed by atoms with van der Waals surface area (Å²) in [6.07, 6.45) is 0. The molecule has 0 radical (unpaired) electrons. The summed E-state index contributed by atoms with van der Waals surface area (Å²) in [4.78, 5) is 24.3. The van der Waals surface area contributed by atoms with E-state index in [0.717, 1.165) is 0 Å². The zero-order chi connectivity index (χ0) is 23.8. The number of anilines is 1. The van der Waals surface area contributed by atoms with Gasteiger partial charge in [-0.25, -0.2) is 4.79 Å². The van der Waals surface area contributed by atoms with E-state index in [1.165, 1.54) is 23.9 Å². The predicted octanol–water partition coefficient (Wildman–Crippen LogP) is 3.96. The first-order valence-electron chi connectivity index (χ1n) is 9.96. The number of esters is 1. The average Bonchev–Trinajstić information content (AvgIpc) is 3.17. The minimum Gasteiger partial charge on any atom is -0.493 e. The second kappa shape index (κ2) is 11.6. The van der Waals surface area contributed by atoms with Gasteiger partial charge in [-0.05, 0) is 37.3 Å². The van der Waals surface area contributed by atoms with E-state index in [1.807, 2.05) is 12.1 Å². The molecule has 1 N–H and O–H groups in total. The number of nitrogens with zero attached hydrogens (tertiary/aromatic N) is 3. The van der Waals surface area contributed by atoms with E-state index >= 15 is 0 Å². The largest absolute Gasteiger partial charge is 0.493 e. The molecule has 9 nitrogen and oxygen atoms in total. The zero-order valence-corrected chi connectivity index (χ0v) is 19.9. The number of benzene rings is 2. The number of hydrogen-bond acceptors (Lipinski definition) is 8. The first-order valence-corrected chi connectivity index (χ1v) is 11.3. The number of thioether (sulfide) groups is 1. The van der Waals surface area contributed by atoms with Crippen molar-refractivity contribution in [3.05, 3.63) is 58.9 Å². The van der Waals surface area contributed by atoms with Gasteiger partial charge in [0.1, 0.15) is 6.61 Å². The van der Waals surface area contributed by atoms with E-state index in [1.54, 1.807) is 43.8 Å². The molecule has 0 aliphatic carbocycles. The molecular formula is C22H23ClN4O5S. The van der Waals surface area contributed by atoms with Gasteiger partial charge in [-0.3, -0.25) is 4.79 Å². The Morgan fingerprint density at radius 3 is 2.64 bits per heavy atom. The van der Waals surface area contributed by atoms with E-state index in [2.05, 4.69) is 15.5 Å². The van der Waals surface area contributed by atoms with Gasteiger partial charge in [0.25, 0.3) is 0 Å². The first kappa shape index (κ1) is 24.4. The van der Waals surface area contributed by atoms with Crippen LogP contribution in [0.25, 0.3) is 0 Å². The summed E-state index contributed by atoms with van der Waals surface area (Å²) in [7, 11) is 3.37. The molecule has 1 aromatic heterocycles. The molecule has 2 aromatic carbocycles. The van der Waals surface area contributed by atoms with Gasteiger partial charge in [0.15, 0.2) is 22.5 Å². The molecular weight excluding hydrogens is 468 g/mol. The third-order valence-electron chi connectivity index (χ3n) is 4.43.